The molecule has 0 spiro atoms. The molecule has 0 radical (unpaired) electrons. The van der Waals surface area contributed by atoms with E-state index in [4.69, 9.17) is 0 Å². The predicted molar refractivity (Wildman–Crippen MR) is 79.0 cm³/mol. The second-order valence-electron chi connectivity index (χ2n) is 6.64. The van der Waals surface area contributed by atoms with Crippen molar-refractivity contribution < 1.29 is 4.79 Å². The van der Waals surface area contributed by atoms with Crippen molar-refractivity contribution in [3.63, 3.8) is 0 Å². The Kier molecular flexibility index (Phi) is 5.42. The molecule has 0 unspecified atom stereocenters. The van der Waals surface area contributed by atoms with Gasteiger partial charge in [0.05, 0.1) is 12.6 Å². The Labute approximate surface area is 122 Å². The Morgan fingerprint density at radius 1 is 1.30 bits per heavy atom. The zero-order valence-electron chi connectivity index (χ0n) is 12.7. The van der Waals surface area contributed by atoms with Crippen molar-refractivity contribution in [2.45, 2.75) is 63.8 Å². The van der Waals surface area contributed by atoms with Crippen LogP contribution in [-0.4, -0.2) is 36.0 Å². The summed E-state index contributed by atoms with van der Waals surface area (Å²) < 4.78 is 0. The second-order valence-corrected chi connectivity index (χ2v) is 6.64. The third-order valence-corrected chi connectivity index (χ3v) is 4.66. The molecule has 2 aliphatic rings. The van der Waals surface area contributed by atoms with Gasteiger partial charge in [-0.1, -0.05) is 32.6 Å². The molecule has 0 bridgehead atoms. The quantitative estimate of drug-likeness (QED) is 0.806. The number of hydrogen-bond donors (Lipinski definition) is 1. The Morgan fingerprint density at radius 2 is 2.00 bits per heavy atom. The van der Waals surface area contributed by atoms with Crippen LogP contribution in [0.1, 0.15) is 58.3 Å². The van der Waals surface area contributed by atoms with Crippen LogP contribution in [0.3, 0.4) is 0 Å². The standard InChI is InChI=1S/C16H27N3O/c1-14-7-6-10-19(11-14)12-15(20)18-16(13-17)8-4-2-3-5-9-16/h14H,2-12H2,1H3,(H,18,20)/t14-/m1/s1. The van der Waals surface area contributed by atoms with E-state index in [9.17, 15) is 10.1 Å². The van der Waals surface area contributed by atoms with Gasteiger partial charge < -0.3 is 5.32 Å². The Morgan fingerprint density at radius 3 is 2.60 bits per heavy atom. The van der Waals surface area contributed by atoms with E-state index in [2.05, 4.69) is 23.2 Å². The smallest absolute Gasteiger partial charge is 0.235 e. The van der Waals surface area contributed by atoms with Gasteiger partial charge in [0.25, 0.3) is 0 Å². The maximum atomic E-state index is 12.3. The summed E-state index contributed by atoms with van der Waals surface area (Å²) in [4.78, 5) is 14.5. The van der Waals surface area contributed by atoms with Crippen molar-refractivity contribution in [1.29, 1.82) is 5.26 Å². The number of carbonyl (C=O) groups excluding carboxylic acids is 1. The van der Waals surface area contributed by atoms with Crippen molar-refractivity contribution in [2.75, 3.05) is 19.6 Å². The van der Waals surface area contributed by atoms with Gasteiger partial charge in [-0.2, -0.15) is 5.26 Å². The largest absolute Gasteiger partial charge is 0.337 e. The van der Waals surface area contributed by atoms with Crippen molar-refractivity contribution in [1.82, 2.24) is 10.2 Å². The molecule has 1 heterocycles. The fraction of sp³-hybridized carbons (Fsp3) is 0.875. The third kappa shape index (κ3) is 4.21. The van der Waals surface area contributed by atoms with Crippen LogP contribution in [0, 0.1) is 17.2 Å². The maximum absolute atomic E-state index is 12.3. The Bertz CT molecular complexity index is 366. The summed E-state index contributed by atoms with van der Waals surface area (Å²) in [5, 5.41) is 12.5. The molecule has 0 aromatic carbocycles. The minimum absolute atomic E-state index is 0.0301. The molecule has 1 amide bonds. The lowest BCUT2D eigenvalue weighted by atomic mass is 9.92. The number of rotatable bonds is 3. The molecule has 1 atom stereocenters. The topological polar surface area (TPSA) is 56.1 Å². The summed E-state index contributed by atoms with van der Waals surface area (Å²) in [6.45, 7) is 4.71. The van der Waals surface area contributed by atoms with Crippen LogP contribution in [0.15, 0.2) is 0 Å². The van der Waals surface area contributed by atoms with Crippen LogP contribution in [0.5, 0.6) is 0 Å². The van der Waals surface area contributed by atoms with E-state index in [1.807, 2.05) is 0 Å². The summed E-state index contributed by atoms with van der Waals surface area (Å²) in [7, 11) is 0. The molecule has 112 valence electrons. The molecule has 2 fully saturated rings. The minimum atomic E-state index is -0.602. The van der Waals surface area contributed by atoms with Gasteiger partial charge in [-0.15, -0.1) is 0 Å². The molecule has 1 aliphatic carbocycles. The second kappa shape index (κ2) is 7.08. The fourth-order valence-electron chi connectivity index (χ4n) is 3.54. The number of likely N-dealkylation sites (tertiary alicyclic amines) is 1. The first-order valence-corrected chi connectivity index (χ1v) is 8.08. The van der Waals surface area contributed by atoms with E-state index in [1.54, 1.807) is 0 Å². The van der Waals surface area contributed by atoms with E-state index in [1.165, 1.54) is 25.7 Å². The van der Waals surface area contributed by atoms with Crippen LogP contribution in [0.2, 0.25) is 0 Å². The lowest BCUT2D eigenvalue weighted by Gasteiger charge is -2.32. The van der Waals surface area contributed by atoms with Crippen LogP contribution in [-0.2, 0) is 4.79 Å². The van der Waals surface area contributed by atoms with Gasteiger partial charge in [0, 0.05) is 6.54 Å². The fourth-order valence-corrected chi connectivity index (χ4v) is 3.54. The number of carbonyl (C=O) groups is 1. The molecule has 1 N–H and O–H groups in total. The summed E-state index contributed by atoms with van der Waals surface area (Å²) in [5.74, 6) is 0.710. The van der Waals surface area contributed by atoms with Gasteiger partial charge in [0.15, 0.2) is 0 Å². The molecular weight excluding hydrogens is 250 g/mol. The molecule has 1 saturated carbocycles. The van der Waals surface area contributed by atoms with E-state index in [0.29, 0.717) is 12.5 Å². The molecule has 4 nitrogen and oxygen atoms in total. The highest BCUT2D eigenvalue weighted by Crippen LogP contribution is 2.26. The van der Waals surface area contributed by atoms with Gasteiger partial charge in [-0.05, 0) is 38.1 Å². The third-order valence-electron chi connectivity index (χ3n) is 4.66. The van der Waals surface area contributed by atoms with Gasteiger partial charge in [-0.25, -0.2) is 0 Å². The van der Waals surface area contributed by atoms with Crippen LogP contribution < -0.4 is 5.32 Å². The van der Waals surface area contributed by atoms with Gasteiger partial charge in [0.2, 0.25) is 5.91 Å². The molecule has 1 aliphatic heterocycles. The first-order chi connectivity index (χ1) is 9.63. The van der Waals surface area contributed by atoms with Crippen molar-refractivity contribution in [3.8, 4) is 6.07 Å². The van der Waals surface area contributed by atoms with Gasteiger partial charge in [0.1, 0.15) is 5.54 Å². The zero-order valence-corrected chi connectivity index (χ0v) is 12.7. The van der Waals surface area contributed by atoms with Crippen molar-refractivity contribution in [3.05, 3.63) is 0 Å². The SMILES string of the molecule is C[C@@H]1CCCN(CC(=O)NC2(C#N)CCCCCC2)C1. The first kappa shape index (κ1) is 15.3. The van der Waals surface area contributed by atoms with Gasteiger partial charge >= 0.3 is 0 Å². The normalized spacial score (nSPS) is 27.3. The maximum Gasteiger partial charge on any atom is 0.235 e. The van der Waals surface area contributed by atoms with Gasteiger partial charge in [-0.3, -0.25) is 9.69 Å². The van der Waals surface area contributed by atoms with E-state index >= 15 is 0 Å². The molecule has 4 heteroatoms. The highest BCUT2D eigenvalue weighted by atomic mass is 16.2. The van der Waals surface area contributed by atoms with Crippen molar-refractivity contribution >= 4 is 5.91 Å². The predicted octanol–water partition coefficient (Wildman–Crippen LogP) is 2.45. The number of amides is 1. The first-order valence-electron chi connectivity index (χ1n) is 8.08. The molecule has 0 aromatic heterocycles. The molecular formula is C16H27N3O. The minimum Gasteiger partial charge on any atom is -0.337 e. The molecule has 1 saturated heterocycles. The molecule has 20 heavy (non-hydrogen) atoms. The summed E-state index contributed by atoms with van der Waals surface area (Å²) in [5.41, 5.74) is -0.602. The number of piperidine rings is 1. The Balaban J connectivity index is 1.87. The molecule has 2 rings (SSSR count). The monoisotopic (exact) mass is 277 g/mol. The number of nitrogens with zero attached hydrogens (tertiary/aromatic N) is 2. The van der Waals surface area contributed by atoms with Crippen LogP contribution in [0.25, 0.3) is 0 Å². The molecule has 0 aromatic rings. The number of nitrogens with one attached hydrogen (secondary N) is 1. The Hall–Kier alpha value is -1.08. The highest BCUT2D eigenvalue weighted by molar-refractivity contribution is 5.79. The number of hydrogen-bond acceptors (Lipinski definition) is 3. The van der Waals surface area contributed by atoms with Crippen LogP contribution in [0.4, 0.5) is 0 Å². The highest BCUT2D eigenvalue weighted by Gasteiger charge is 2.33. The summed E-state index contributed by atoms with van der Waals surface area (Å²) >= 11 is 0. The lowest BCUT2D eigenvalue weighted by Crippen LogP contribution is -2.51. The zero-order chi connectivity index (χ0) is 14.4. The average molecular weight is 277 g/mol. The number of nitriles is 1. The van der Waals surface area contributed by atoms with E-state index in [-0.39, 0.29) is 5.91 Å². The summed E-state index contributed by atoms with van der Waals surface area (Å²) in [6.07, 6.45) is 8.53. The average Bonchev–Trinajstić information content (AvgIpc) is 2.65. The summed E-state index contributed by atoms with van der Waals surface area (Å²) in [6, 6.07) is 2.38. The van der Waals surface area contributed by atoms with E-state index < -0.39 is 5.54 Å². The van der Waals surface area contributed by atoms with E-state index in [0.717, 1.165) is 38.8 Å². The lowest BCUT2D eigenvalue weighted by molar-refractivity contribution is -0.124. The van der Waals surface area contributed by atoms with Crippen LogP contribution >= 0.6 is 0 Å². The van der Waals surface area contributed by atoms with Crippen molar-refractivity contribution in [2.24, 2.45) is 5.92 Å².